The number of nitrogens with one attached hydrogen (secondary N) is 1. The zero-order valence-electron chi connectivity index (χ0n) is 14.1. The third-order valence-corrected chi connectivity index (χ3v) is 4.92. The van der Waals surface area contributed by atoms with Crippen LogP contribution in [0.1, 0.15) is 15.9 Å². The van der Waals surface area contributed by atoms with Crippen molar-refractivity contribution in [2.24, 2.45) is 0 Å². The number of hydrogen-bond donors (Lipinski definition) is 1. The summed E-state index contributed by atoms with van der Waals surface area (Å²) in [6, 6.07) is 10.8. The van der Waals surface area contributed by atoms with Crippen LogP contribution in [0.5, 0.6) is 11.5 Å². The first-order valence-electron chi connectivity index (χ1n) is 7.30. The molecule has 0 amide bonds. The van der Waals surface area contributed by atoms with Crippen molar-refractivity contribution in [3.8, 4) is 11.5 Å². The molecule has 0 saturated carbocycles. The molecule has 0 radical (unpaired) electrons. The van der Waals surface area contributed by atoms with Crippen molar-refractivity contribution in [1.82, 2.24) is 4.72 Å². The number of rotatable bonds is 7. The molecule has 0 aliphatic rings. The number of hydrogen-bond acceptors (Lipinski definition) is 6. The number of carbonyl (C=O) groups is 1. The van der Waals surface area contributed by atoms with Gasteiger partial charge in [-0.3, -0.25) is 0 Å². The number of esters is 1. The predicted molar refractivity (Wildman–Crippen MR) is 91.4 cm³/mol. The molecule has 0 aliphatic carbocycles. The van der Waals surface area contributed by atoms with Crippen LogP contribution in [0.2, 0.25) is 0 Å². The fourth-order valence-corrected chi connectivity index (χ4v) is 3.17. The Morgan fingerprint density at radius 3 is 2.24 bits per heavy atom. The number of benzene rings is 2. The van der Waals surface area contributed by atoms with E-state index in [4.69, 9.17) is 14.2 Å². The van der Waals surface area contributed by atoms with Crippen LogP contribution in [-0.4, -0.2) is 35.7 Å². The maximum Gasteiger partial charge on any atom is 0.341 e. The first-order valence-corrected chi connectivity index (χ1v) is 8.78. The summed E-state index contributed by atoms with van der Waals surface area (Å²) in [4.78, 5) is 11.9. The van der Waals surface area contributed by atoms with Crippen LogP contribution in [0.15, 0.2) is 47.4 Å². The van der Waals surface area contributed by atoms with Crippen molar-refractivity contribution in [1.29, 1.82) is 0 Å². The van der Waals surface area contributed by atoms with E-state index in [0.29, 0.717) is 17.1 Å². The molecule has 0 spiro atoms. The molecule has 2 aromatic carbocycles. The van der Waals surface area contributed by atoms with E-state index in [1.54, 1.807) is 24.3 Å². The molecule has 2 aromatic rings. The summed E-state index contributed by atoms with van der Waals surface area (Å²) in [5, 5.41) is 0. The van der Waals surface area contributed by atoms with Gasteiger partial charge in [0.15, 0.2) is 0 Å². The topological polar surface area (TPSA) is 90.9 Å². The van der Waals surface area contributed by atoms with E-state index in [1.165, 1.54) is 39.5 Å². The second kappa shape index (κ2) is 8.00. The number of sulfonamides is 1. The minimum absolute atomic E-state index is 0.0162. The van der Waals surface area contributed by atoms with Crippen molar-refractivity contribution < 1.29 is 27.4 Å². The van der Waals surface area contributed by atoms with Gasteiger partial charge in [-0.05, 0) is 42.0 Å². The summed E-state index contributed by atoms with van der Waals surface area (Å²) in [5.41, 5.74) is 0.824. The van der Waals surface area contributed by atoms with E-state index in [9.17, 15) is 13.2 Å². The van der Waals surface area contributed by atoms with Gasteiger partial charge in [-0.1, -0.05) is 6.07 Å². The van der Waals surface area contributed by atoms with E-state index in [-0.39, 0.29) is 17.0 Å². The molecule has 25 heavy (non-hydrogen) atoms. The molecule has 134 valence electrons. The van der Waals surface area contributed by atoms with Crippen molar-refractivity contribution in [3.63, 3.8) is 0 Å². The van der Waals surface area contributed by atoms with Gasteiger partial charge in [-0.2, -0.15) is 0 Å². The third kappa shape index (κ3) is 4.49. The molecule has 0 atom stereocenters. The Morgan fingerprint density at radius 1 is 1.00 bits per heavy atom. The standard InChI is InChI=1S/C17H19NO6S/c1-22-13-5-7-14(8-6-13)25(20,21)18-11-12-4-9-16(23-2)15(10-12)17(19)24-3/h4-10,18H,11H2,1-3H3. The lowest BCUT2D eigenvalue weighted by atomic mass is 10.1. The van der Waals surface area contributed by atoms with E-state index in [2.05, 4.69) is 4.72 Å². The predicted octanol–water partition coefficient (Wildman–Crippen LogP) is 1.97. The van der Waals surface area contributed by atoms with Crippen molar-refractivity contribution in [2.75, 3.05) is 21.3 Å². The molecule has 8 heteroatoms. The van der Waals surface area contributed by atoms with Crippen LogP contribution in [0.3, 0.4) is 0 Å². The summed E-state index contributed by atoms with van der Waals surface area (Å²) in [6.07, 6.45) is 0. The molecule has 0 unspecified atom stereocenters. The van der Waals surface area contributed by atoms with Crippen LogP contribution in [0, 0.1) is 0 Å². The molecule has 0 heterocycles. The SMILES string of the molecule is COC(=O)c1cc(CNS(=O)(=O)c2ccc(OC)cc2)ccc1OC. The Labute approximate surface area is 146 Å². The molecular formula is C17H19NO6S. The number of ether oxygens (including phenoxy) is 3. The van der Waals surface area contributed by atoms with Crippen molar-refractivity contribution in [3.05, 3.63) is 53.6 Å². The van der Waals surface area contributed by atoms with Gasteiger partial charge >= 0.3 is 5.97 Å². The maximum atomic E-state index is 12.3. The summed E-state index contributed by atoms with van der Waals surface area (Å²) >= 11 is 0. The van der Waals surface area contributed by atoms with Gasteiger partial charge in [0.2, 0.25) is 10.0 Å². The van der Waals surface area contributed by atoms with Crippen LogP contribution >= 0.6 is 0 Å². The van der Waals surface area contributed by atoms with Crippen LogP contribution in [0.4, 0.5) is 0 Å². The number of carbonyl (C=O) groups excluding carboxylic acids is 1. The molecule has 1 N–H and O–H groups in total. The van der Waals surface area contributed by atoms with E-state index < -0.39 is 16.0 Å². The normalized spacial score (nSPS) is 11.0. The van der Waals surface area contributed by atoms with Crippen LogP contribution in [0.25, 0.3) is 0 Å². The lowest BCUT2D eigenvalue weighted by Crippen LogP contribution is -2.23. The summed E-state index contributed by atoms with van der Waals surface area (Å²) in [7, 11) is 0.517. The zero-order chi connectivity index (χ0) is 18.4. The summed E-state index contributed by atoms with van der Waals surface area (Å²) in [6.45, 7) is 0.0162. The fraction of sp³-hybridized carbons (Fsp3) is 0.235. The average molecular weight is 365 g/mol. The molecule has 2 rings (SSSR count). The van der Waals surface area contributed by atoms with Gasteiger partial charge in [0.25, 0.3) is 0 Å². The highest BCUT2D eigenvalue weighted by atomic mass is 32.2. The Hall–Kier alpha value is -2.58. The molecular weight excluding hydrogens is 346 g/mol. The molecule has 7 nitrogen and oxygen atoms in total. The van der Waals surface area contributed by atoms with Crippen LogP contribution in [-0.2, 0) is 21.3 Å². The van der Waals surface area contributed by atoms with Crippen molar-refractivity contribution in [2.45, 2.75) is 11.4 Å². The largest absolute Gasteiger partial charge is 0.497 e. The van der Waals surface area contributed by atoms with E-state index >= 15 is 0 Å². The lowest BCUT2D eigenvalue weighted by molar-refractivity contribution is 0.0597. The highest BCUT2D eigenvalue weighted by Crippen LogP contribution is 2.21. The second-order valence-corrected chi connectivity index (χ2v) is 6.79. The highest BCUT2D eigenvalue weighted by Gasteiger charge is 2.16. The molecule has 0 saturated heterocycles. The smallest absolute Gasteiger partial charge is 0.341 e. The van der Waals surface area contributed by atoms with Gasteiger partial charge < -0.3 is 14.2 Å². The average Bonchev–Trinajstić information content (AvgIpc) is 2.65. The molecule has 0 aliphatic heterocycles. The van der Waals surface area contributed by atoms with Gasteiger partial charge in [0.05, 0.1) is 26.2 Å². The quantitative estimate of drug-likeness (QED) is 0.755. The molecule has 0 aromatic heterocycles. The molecule has 0 bridgehead atoms. The minimum Gasteiger partial charge on any atom is -0.497 e. The van der Waals surface area contributed by atoms with E-state index in [0.717, 1.165) is 0 Å². The zero-order valence-corrected chi connectivity index (χ0v) is 14.9. The monoisotopic (exact) mass is 365 g/mol. The Morgan fingerprint density at radius 2 is 1.68 bits per heavy atom. The highest BCUT2D eigenvalue weighted by molar-refractivity contribution is 7.89. The van der Waals surface area contributed by atoms with Crippen LogP contribution < -0.4 is 14.2 Å². The van der Waals surface area contributed by atoms with E-state index in [1.807, 2.05) is 0 Å². The fourth-order valence-electron chi connectivity index (χ4n) is 2.15. The Kier molecular flexibility index (Phi) is 6.00. The third-order valence-electron chi connectivity index (χ3n) is 3.51. The Bertz CT molecular complexity index is 846. The van der Waals surface area contributed by atoms with Gasteiger partial charge in [-0.25, -0.2) is 17.9 Å². The van der Waals surface area contributed by atoms with Gasteiger partial charge in [0.1, 0.15) is 17.1 Å². The lowest BCUT2D eigenvalue weighted by Gasteiger charge is -2.11. The summed E-state index contributed by atoms with van der Waals surface area (Å²) in [5.74, 6) is 0.363. The second-order valence-electron chi connectivity index (χ2n) is 5.03. The Balaban J connectivity index is 2.18. The maximum absolute atomic E-state index is 12.3. The van der Waals surface area contributed by atoms with Gasteiger partial charge in [0, 0.05) is 6.54 Å². The summed E-state index contributed by atoms with van der Waals surface area (Å²) < 4.78 is 42.0. The molecule has 0 fully saturated rings. The number of methoxy groups -OCH3 is 3. The van der Waals surface area contributed by atoms with Gasteiger partial charge in [-0.15, -0.1) is 0 Å². The minimum atomic E-state index is -3.69. The van der Waals surface area contributed by atoms with Crippen molar-refractivity contribution >= 4 is 16.0 Å². The first-order chi connectivity index (χ1) is 11.9. The first kappa shape index (κ1) is 18.8.